The Hall–Kier alpha value is -1.50. The molecule has 116 valence electrons. The molecule has 1 saturated heterocycles. The maximum atomic E-state index is 5.55. The van der Waals surface area contributed by atoms with Crippen LogP contribution in [0, 0.1) is 6.92 Å². The zero-order chi connectivity index (χ0) is 15.5. The van der Waals surface area contributed by atoms with Crippen molar-refractivity contribution >= 4 is 28.7 Å². The minimum Gasteiger partial charge on any atom is -0.383 e. The van der Waals surface area contributed by atoms with Gasteiger partial charge < -0.3 is 15.0 Å². The topological polar surface area (TPSA) is 37.4 Å². The van der Waals surface area contributed by atoms with Crippen LogP contribution >= 0.6 is 23.6 Å². The van der Waals surface area contributed by atoms with Gasteiger partial charge in [-0.2, -0.15) is 0 Å². The number of hydrogen-bond acceptors (Lipinski definition) is 4. The highest BCUT2D eigenvalue weighted by Crippen LogP contribution is 2.40. The van der Waals surface area contributed by atoms with Crippen LogP contribution in [-0.2, 0) is 4.74 Å². The molecule has 1 N–H and O–H groups in total. The number of ether oxygens (including phenoxy) is 1. The lowest BCUT2D eigenvalue weighted by Gasteiger charge is -2.26. The van der Waals surface area contributed by atoms with Crippen LogP contribution in [0.15, 0.2) is 36.5 Å². The highest BCUT2D eigenvalue weighted by Gasteiger charge is 2.40. The van der Waals surface area contributed by atoms with Gasteiger partial charge >= 0.3 is 0 Å². The van der Waals surface area contributed by atoms with Crippen LogP contribution in [-0.4, -0.2) is 35.3 Å². The number of thiocarbonyl (C=S) groups is 1. The summed E-state index contributed by atoms with van der Waals surface area (Å²) in [5, 5.41) is 4.20. The molecule has 1 aliphatic heterocycles. The first-order valence-electron chi connectivity index (χ1n) is 7.24. The van der Waals surface area contributed by atoms with E-state index in [0.29, 0.717) is 6.61 Å². The van der Waals surface area contributed by atoms with E-state index in [-0.39, 0.29) is 12.1 Å². The fraction of sp³-hybridized carbons (Fsp3) is 0.375. The molecule has 0 spiro atoms. The highest BCUT2D eigenvalue weighted by molar-refractivity contribution is 7.80. The molecule has 4 nitrogen and oxygen atoms in total. The number of aryl methyl sites for hydroxylation is 1. The van der Waals surface area contributed by atoms with Crippen molar-refractivity contribution in [1.82, 2.24) is 15.2 Å². The Morgan fingerprint density at radius 2 is 2.23 bits per heavy atom. The summed E-state index contributed by atoms with van der Waals surface area (Å²) in [6, 6.07) is 10.6. The summed E-state index contributed by atoms with van der Waals surface area (Å²) in [5.74, 6) is 0. The van der Waals surface area contributed by atoms with Crippen LogP contribution in [0.1, 0.15) is 27.5 Å². The summed E-state index contributed by atoms with van der Waals surface area (Å²) in [7, 11) is 1.72. The third-order valence-electron chi connectivity index (χ3n) is 3.79. The smallest absolute Gasteiger partial charge is 0.170 e. The second-order valence-electron chi connectivity index (χ2n) is 5.26. The predicted octanol–water partition coefficient (Wildman–Crippen LogP) is 3.07. The van der Waals surface area contributed by atoms with E-state index in [1.54, 1.807) is 7.11 Å². The Kier molecular flexibility index (Phi) is 4.71. The number of pyridine rings is 1. The Morgan fingerprint density at radius 3 is 2.86 bits per heavy atom. The van der Waals surface area contributed by atoms with E-state index in [4.69, 9.17) is 17.0 Å². The maximum absolute atomic E-state index is 5.55. The van der Waals surface area contributed by atoms with Gasteiger partial charge in [-0.1, -0.05) is 6.07 Å². The molecule has 0 unspecified atom stereocenters. The molecule has 0 aromatic carbocycles. The van der Waals surface area contributed by atoms with E-state index < -0.39 is 0 Å². The monoisotopic (exact) mass is 333 g/mol. The minimum absolute atomic E-state index is 0.0728. The normalized spacial score (nSPS) is 21.2. The van der Waals surface area contributed by atoms with Gasteiger partial charge in [-0.15, -0.1) is 11.3 Å². The summed E-state index contributed by atoms with van der Waals surface area (Å²) in [6.07, 6.45) is 1.83. The van der Waals surface area contributed by atoms with Crippen LogP contribution < -0.4 is 5.32 Å². The van der Waals surface area contributed by atoms with Crippen LogP contribution in [0.25, 0.3) is 0 Å². The van der Waals surface area contributed by atoms with Crippen molar-refractivity contribution in [3.63, 3.8) is 0 Å². The van der Waals surface area contributed by atoms with Crippen LogP contribution in [0.3, 0.4) is 0 Å². The van der Waals surface area contributed by atoms with E-state index in [9.17, 15) is 0 Å². The van der Waals surface area contributed by atoms with Gasteiger partial charge in [0.2, 0.25) is 0 Å². The average molecular weight is 333 g/mol. The molecule has 22 heavy (non-hydrogen) atoms. The summed E-state index contributed by atoms with van der Waals surface area (Å²) in [5.41, 5.74) is 1.01. The first-order valence-corrected chi connectivity index (χ1v) is 8.46. The van der Waals surface area contributed by atoms with Crippen molar-refractivity contribution in [2.24, 2.45) is 0 Å². The highest BCUT2D eigenvalue weighted by atomic mass is 32.1. The number of nitrogens with zero attached hydrogens (tertiary/aromatic N) is 2. The van der Waals surface area contributed by atoms with Gasteiger partial charge in [0.1, 0.15) is 0 Å². The minimum atomic E-state index is 0.0728. The molecular weight excluding hydrogens is 314 g/mol. The van der Waals surface area contributed by atoms with Gasteiger partial charge in [-0.25, -0.2) is 0 Å². The predicted molar refractivity (Wildman–Crippen MR) is 93.1 cm³/mol. The lowest BCUT2D eigenvalue weighted by molar-refractivity contribution is 0.164. The fourth-order valence-corrected chi connectivity index (χ4v) is 4.12. The molecule has 0 saturated carbocycles. The van der Waals surface area contributed by atoms with Crippen molar-refractivity contribution < 1.29 is 4.74 Å². The van der Waals surface area contributed by atoms with Gasteiger partial charge in [0, 0.05) is 29.6 Å². The molecule has 3 heterocycles. The van der Waals surface area contributed by atoms with E-state index in [1.807, 2.05) is 35.7 Å². The zero-order valence-corrected chi connectivity index (χ0v) is 14.3. The Balaban J connectivity index is 1.96. The fourth-order valence-electron chi connectivity index (χ4n) is 2.76. The zero-order valence-electron chi connectivity index (χ0n) is 12.7. The molecule has 2 aromatic heterocycles. The van der Waals surface area contributed by atoms with Crippen molar-refractivity contribution in [2.75, 3.05) is 20.3 Å². The SMILES string of the molecule is COCCN1C(=S)N[C@@H](c2ccccn2)[C@H]1c1ccc(C)s1. The number of thiophene rings is 1. The van der Waals surface area contributed by atoms with Crippen LogP contribution in [0.4, 0.5) is 0 Å². The molecule has 0 radical (unpaired) electrons. The molecule has 1 aliphatic rings. The third kappa shape index (κ3) is 2.99. The average Bonchev–Trinajstić information content (AvgIpc) is 3.09. The van der Waals surface area contributed by atoms with E-state index in [0.717, 1.165) is 17.4 Å². The Morgan fingerprint density at radius 1 is 1.36 bits per heavy atom. The van der Waals surface area contributed by atoms with Crippen molar-refractivity contribution in [3.8, 4) is 0 Å². The Labute approximate surface area is 140 Å². The molecule has 1 fully saturated rings. The van der Waals surface area contributed by atoms with Gasteiger partial charge in [-0.3, -0.25) is 4.98 Å². The standard InChI is InChI=1S/C16H19N3OS2/c1-11-6-7-13(22-11)15-14(12-5-3-4-8-17-12)18-16(21)19(15)9-10-20-2/h3-8,14-15H,9-10H2,1-2H3,(H,18,21)/t14-,15+/m0/s1. The summed E-state index contributed by atoms with van der Waals surface area (Å²) in [4.78, 5) is 9.34. The number of aromatic nitrogens is 1. The van der Waals surface area contributed by atoms with Crippen molar-refractivity contribution in [2.45, 2.75) is 19.0 Å². The quantitative estimate of drug-likeness (QED) is 0.851. The first-order chi connectivity index (χ1) is 10.7. The number of hydrogen-bond donors (Lipinski definition) is 1. The van der Waals surface area contributed by atoms with Crippen molar-refractivity contribution in [3.05, 3.63) is 52.0 Å². The van der Waals surface area contributed by atoms with E-state index in [1.165, 1.54) is 9.75 Å². The number of rotatable bonds is 5. The summed E-state index contributed by atoms with van der Waals surface area (Å²) in [6.45, 7) is 3.55. The summed E-state index contributed by atoms with van der Waals surface area (Å²) >= 11 is 7.36. The molecule has 2 aromatic rings. The van der Waals surface area contributed by atoms with Gasteiger partial charge in [0.25, 0.3) is 0 Å². The number of nitrogens with one attached hydrogen (secondary N) is 1. The number of methoxy groups -OCH3 is 1. The largest absolute Gasteiger partial charge is 0.383 e. The molecule has 0 aliphatic carbocycles. The summed E-state index contributed by atoms with van der Waals surface area (Å²) < 4.78 is 5.24. The molecular formula is C16H19N3OS2. The Bertz CT molecular complexity index is 644. The van der Waals surface area contributed by atoms with Crippen molar-refractivity contribution in [1.29, 1.82) is 0 Å². The second kappa shape index (κ2) is 6.73. The molecule has 0 amide bonds. The van der Waals surface area contributed by atoms with Gasteiger partial charge in [-0.05, 0) is 43.4 Å². The van der Waals surface area contributed by atoms with Crippen LogP contribution in [0.2, 0.25) is 0 Å². The van der Waals surface area contributed by atoms with Crippen LogP contribution in [0.5, 0.6) is 0 Å². The molecule has 6 heteroatoms. The first kappa shape index (κ1) is 15.4. The molecule has 2 atom stereocenters. The van der Waals surface area contributed by atoms with E-state index >= 15 is 0 Å². The van der Waals surface area contributed by atoms with Gasteiger partial charge in [0.05, 0.1) is 24.4 Å². The van der Waals surface area contributed by atoms with E-state index in [2.05, 4.69) is 34.3 Å². The molecule has 0 bridgehead atoms. The lowest BCUT2D eigenvalue weighted by Crippen LogP contribution is -2.32. The molecule has 3 rings (SSSR count). The maximum Gasteiger partial charge on any atom is 0.170 e. The third-order valence-corrected chi connectivity index (χ3v) is 5.21. The van der Waals surface area contributed by atoms with Gasteiger partial charge in [0.15, 0.2) is 5.11 Å². The second-order valence-corrected chi connectivity index (χ2v) is 6.97. The lowest BCUT2D eigenvalue weighted by atomic mass is 10.0.